The molecule has 0 spiro atoms. The fourth-order valence-electron chi connectivity index (χ4n) is 3.15. The number of aryl methyl sites for hydroxylation is 1. The molecule has 1 fully saturated rings. The van der Waals surface area contributed by atoms with Crippen LogP contribution in [0.15, 0.2) is 18.2 Å². The predicted octanol–water partition coefficient (Wildman–Crippen LogP) is 2.41. The van der Waals surface area contributed by atoms with E-state index in [1.807, 2.05) is 0 Å². The van der Waals surface area contributed by atoms with E-state index >= 15 is 0 Å². The highest BCUT2D eigenvalue weighted by atomic mass is 16.3. The van der Waals surface area contributed by atoms with Gasteiger partial charge in [0.15, 0.2) is 0 Å². The van der Waals surface area contributed by atoms with Gasteiger partial charge in [0.25, 0.3) is 0 Å². The molecule has 0 aromatic heterocycles. The van der Waals surface area contributed by atoms with E-state index in [4.69, 9.17) is 0 Å². The number of hydrogen-bond donors (Lipinski definition) is 1. The second-order valence-corrected chi connectivity index (χ2v) is 5.60. The Hall–Kier alpha value is -1.06. The van der Waals surface area contributed by atoms with Gasteiger partial charge in [-0.15, -0.1) is 0 Å². The van der Waals surface area contributed by atoms with Gasteiger partial charge in [-0.25, -0.2) is 0 Å². The van der Waals surface area contributed by atoms with Gasteiger partial charge in [-0.05, 0) is 38.9 Å². The fourth-order valence-corrected chi connectivity index (χ4v) is 3.15. The normalized spacial score (nSPS) is 19.9. The molecule has 106 valence electrons. The standard InChI is InChI=1S/C16H26N2O/c1-4-18-9-5-6-15(18)11-17(3)16-8-7-13(2)10-14(16)12-19/h7-8,10,15,19H,4-6,9,11-12H2,1-3H3. The molecule has 1 saturated heterocycles. The molecular weight excluding hydrogens is 236 g/mol. The Kier molecular flexibility index (Phi) is 4.83. The first-order valence-corrected chi connectivity index (χ1v) is 7.31. The van der Waals surface area contributed by atoms with Crippen LogP contribution in [-0.2, 0) is 6.61 Å². The Bertz CT molecular complexity index is 419. The summed E-state index contributed by atoms with van der Waals surface area (Å²) >= 11 is 0. The van der Waals surface area contributed by atoms with Crippen LogP contribution in [0.5, 0.6) is 0 Å². The number of nitrogens with zero attached hydrogens (tertiary/aromatic N) is 2. The Morgan fingerprint density at radius 2 is 2.21 bits per heavy atom. The molecule has 0 bridgehead atoms. The van der Waals surface area contributed by atoms with Crippen molar-refractivity contribution in [3.05, 3.63) is 29.3 Å². The lowest BCUT2D eigenvalue weighted by molar-refractivity contribution is 0.269. The average Bonchev–Trinajstić information content (AvgIpc) is 2.85. The molecule has 3 heteroatoms. The number of likely N-dealkylation sites (N-methyl/N-ethyl adjacent to an activating group) is 2. The summed E-state index contributed by atoms with van der Waals surface area (Å²) in [5.41, 5.74) is 3.40. The van der Waals surface area contributed by atoms with Crippen LogP contribution in [0, 0.1) is 6.92 Å². The molecule has 0 radical (unpaired) electrons. The van der Waals surface area contributed by atoms with E-state index in [1.165, 1.54) is 24.9 Å². The molecule has 1 aromatic rings. The van der Waals surface area contributed by atoms with Crippen molar-refractivity contribution in [2.45, 2.75) is 39.3 Å². The molecule has 1 unspecified atom stereocenters. The molecule has 1 aliphatic heterocycles. The fraction of sp³-hybridized carbons (Fsp3) is 0.625. The monoisotopic (exact) mass is 262 g/mol. The molecule has 0 aliphatic carbocycles. The van der Waals surface area contributed by atoms with Gasteiger partial charge >= 0.3 is 0 Å². The lowest BCUT2D eigenvalue weighted by atomic mass is 10.1. The first-order chi connectivity index (χ1) is 9.15. The molecule has 1 N–H and O–H groups in total. The number of hydrogen-bond acceptors (Lipinski definition) is 3. The molecule has 1 aromatic carbocycles. The summed E-state index contributed by atoms with van der Waals surface area (Å²) in [6.07, 6.45) is 2.60. The number of aliphatic hydroxyl groups excluding tert-OH is 1. The van der Waals surface area contributed by atoms with Crippen molar-refractivity contribution in [3.63, 3.8) is 0 Å². The van der Waals surface area contributed by atoms with Crippen LogP contribution in [0.3, 0.4) is 0 Å². The predicted molar refractivity (Wildman–Crippen MR) is 80.6 cm³/mol. The number of anilines is 1. The highest BCUT2D eigenvalue weighted by Crippen LogP contribution is 2.24. The van der Waals surface area contributed by atoms with Gasteiger partial charge in [-0.3, -0.25) is 4.90 Å². The highest BCUT2D eigenvalue weighted by molar-refractivity contribution is 5.54. The van der Waals surface area contributed by atoms with Crippen molar-refractivity contribution in [2.24, 2.45) is 0 Å². The van der Waals surface area contributed by atoms with Crippen molar-refractivity contribution < 1.29 is 5.11 Å². The second kappa shape index (κ2) is 6.40. The number of rotatable bonds is 5. The Labute approximate surface area is 116 Å². The van der Waals surface area contributed by atoms with Gasteiger partial charge in [0.1, 0.15) is 0 Å². The minimum absolute atomic E-state index is 0.115. The van der Waals surface area contributed by atoms with Gasteiger partial charge in [0.2, 0.25) is 0 Å². The molecule has 1 aliphatic rings. The third-order valence-corrected chi connectivity index (χ3v) is 4.21. The Morgan fingerprint density at radius 3 is 2.89 bits per heavy atom. The zero-order chi connectivity index (χ0) is 13.8. The van der Waals surface area contributed by atoms with E-state index in [9.17, 15) is 5.11 Å². The maximum Gasteiger partial charge on any atom is 0.0702 e. The van der Waals surface area contributed by atoms with Crippen LogP contribution >= 0.6 is 0 Å². The first kappa shape index (κ1) is 14.4. The van der Waals surface area contributed by atoms with E-state index in [2.05, 4.69) is 48.9 Å². The van der Waals surface area contributed by atoms with Gasteiger partial charge in [0, 0.05) is 30.9 Å². The largest absolute Gasteiger partial charge is 0.392 e. The first-order valence-electron chi connectivity index (χ1n) is 7.31. The van der Waals surface area contributed by atoms with Crippen molar-refractivity contribution in [3.8, 4) is 0 Å². The van der Waals surface area contributed by atoms with Crippen LogP contribution in [0.4, 0.5) is 5.69 Å². The highest BCUT2D eigenvalue weighted by Gasteiger charge is 2.24. The van der Waals surface area contributed by atoms with Crippen molar-refractivity contribution in [2.75, 3.05) is 31.6 Å². The summed E-state index contributed by atoms with van der Waals surface area (Å²) in [7, 11) is 2.13. The topological polar surface area (TPSA) is 26.7 Å². The average molecular weight is 262 g/mol. The molecule has 1 atom stereocenters. The van der Waals surface area contributed by atoms with Gasteiger partial charge in [-0.2, -0.15) is 0 Å². The molecule has 3 nitrogen and oxygen atoms in total. The Morgan fingerprint density at radius 1 is 1.42 bits per heavy atom. The third-order valence-electron chi connectivity index (χ3n) is 4.21. The molecule has 19 heavy (non-hydrogen) atoms. The number of benzene rings is 1. The van der Waals surface area contributed by atoms with Crippen LogP contribution in [0.25, 0.3) is 0 Å². The van der Waals surface area contributed by atoms with E-state index in [0.29, 0.717) is 6.04 Å². The van der Waals surface area contributed by atoms with E-state index in [0.717, 1.165) is 24.3 Å². The summed E-state index contributed by atoms with van der Waals surface area (Å²) in [5.74, 6) is 0. The van der Waals surface area contributed by atoms with Gasteiger partial charge in [-0.1, -0.05) is 24.6 Å². The zero-order valence-electron chi connectivity index (χ0n) is 12.4. The minimum Gasteiger partial charge on any atom is -0.392 e. The lowest BCUT2D eigenvalue weighted by Crippen LogP contribution is -2.39. The van der Waals surface area contributed by atoms with Crippen molar-refractivity contribution in [1.29, 1.82) is 0 Å². The maximum atomic E-state index is 9.51. The SMILES string of the molecule is CCN1CCCC1CN(C)c1ccc(C)cc1CO. The zero-order valence-corrected chi connectivity index (χ0v) is 12.4. The molecular formula is C16H26N2O. The molecule has 2 rings (SSSR count). The van der Waals surface area contributed by atoms with Crippen LogP contribution in [0.2, 0.25) is 0 Å². The van der Waals surface area contributed by atoms with E-state index < -0.39 is 0 Å². The van der Waals surface area contributed by atoms with Crippen molar-refractivity contribution in [1.82, 2.24) is 4.90 Å². The van der Waals surface area contributed by atoms with Crippen LogP contribution in [-0.4, -0.2) is 42.7 Å². The van der Waals surface area contributed by atoms with E-state index in [1.54, 1.807) is 0 Å². The summed E-state index contributed by atoms with van der Waals surface area (Å²) in [4.78, 5) is 4.85. The minimum atomic E-state index is 0.115. The summed E-state index contributed by atoms with van der Waals surface area (Å²) in [5, 5.41) is 9.51. The van der Waals surface area contributed by atoms with Crippen molar-refractivity contribution >= 4 is 5.69 Å². The third kappa shape index (κ3) is 3.28. The maximum absolute atomic E-state index is 9.51. The molecule has 0 amide bonds. The van der Waals surface area contributed by atoms with Crippen LogP contribution < -0.4 is 4.90 Å². The number of aliphatic hydroxyl groups is 1. The number of likely N-dealkylation sites (tertiary alicyclic amines) is 1. The smallest absolute Gasteiger partial charge is 0.0702 e. The van der Waals surface area contributed by atoms with Crippen LogP contribution in [0.1, 0.15) is 30.9 Å². The lowest BCUT2D eigenvalue weighted by Gasteiger charge is -2.30. The quantitative estimate of drug-likeness (QED) is 0.883. The molecule has 0 saturated carbocycles. The second-order valence-electron chi connectivity index (χ2n) is 5.60. The Balaban J connectivity index is 2.09. The van der Waals surface area contributed by atoms with E-state index in [-0.39, 0.29) is 6.61 Å². The summed E-state index contributed by atoms with van der Waals surface area (Å²) < 4.78 is 0. The van der Waals surface area contributed by atoms with Gasteiger partial charge < -0.3 is 10.0 Å². The molecule has 1 heterocycles. The summed E-state index contributed by atoms with van der Waals surface area (Å²) in [6.45, 7) is 7.84. The summed E-state index contributed by atoms with van der Waals surface area (Å²) in [6, 6.07) is 6.99. The van der Waals surface area contributed by atoms with Gasteiger partial charge in [0.05, 0.1) is 6.61 Å².